The average molecular weight is 199 g/mol. The molecule has 0 aromatic carbocycles. The second-order valence-corrected chi connectivity index (χ2v) is 2.40. The molecule has 0 bridgehead atoms. The van der Waals surface area contributed by atoms with E-state index < -0.39 is 36.8 Å². The number of Topliss-reactive ketones (excluding diaryl/α,β-unsaturated/α-hetero) is 1. The molecule has 13 heavy (non-hydrogen) atoms. The summed E-state index contributed by atoms with van der Waals surface area (Å²) in [5.74, 6) is -3.38. The van der Waals surface area contributed by atoms with E-state index in [1.54, 1.807) is 0 Å². The maximum Gasteiger partial charge on any atom is 0.449 e. The summed E-state index contributed by atoms with van der Waals surface area (Å²) in [7, 11) is 0. The molecule has 1 atom stereocenters. The second-order valence-electron chi connectivity index (χ2n) is 2.40. The van der Waals surface area contributed by atoms with Gasteiger partial charge in [0.05, 0.1) is 0 Å². The van der Waals surface area contributed by atoms with Crippen molar-refractivity contribution in [1.29, 1.82) is 0 Å². The molecule has 4 nitrogen and oxygen atoms in total. The van der Waals surface area contributed by atoms with Gasteiger partial charge in [0.1, 0.15) is 6.04 Å². The van der Waals surface area contributed by atoms with Crippen molar-refractivity contribution in [2.45, 2.75) is 25.1 Å². The topological polar surface area (TPSA) is 80.4 Å². The number of alkyl halides is 3. The summed E-state index contributed by atoms with van der Waals surface area (Å²) in [6, 6.07) is -1.42. The lowest BCUT2D eigenvalue weighted by Crippen LogP contribution is -2.32. The quantitative estimate of drug-likeness (QED) is 0.682. The summed E-state index contributed by atoms with van der Waals surface area (Å²) in [5, 5.41) is 8.18. The van der Waals surface area contributed by atoms with Crippen molar-refractivity contribution < 1.29 is 27.9 Å². The predicted octanol–water partition coefficient (Wildman–Crippen LogP) is 0.310. The smallest absolute Gasteiger partial charge is 0.449 e. The Kier molecular flexibility index (Phi) is 3.86. The third-order valence-electron chi connectivity index (χ3n) is 1.32. The number of halogens is 3. The molecule has 0 aliphatic heterocycles. The number of hydrogen-bond donors (Lipinski definition) is 2. The molecule has 0 heterocycles. The molecule has 7 heteroatoms. The summed E-state index contributed by atoms with van der Waals surface area (Å²) < 4.78 is 34.7. The van der Waals surface area contributed by atoms with Crippen molar-refractivity contribution in [3.05, 3.63) is 0 Å². The molecule has 0 aliphatic carbocycles. The molecule has 0 saturated heterocycles. The fourth-order valence-corrected chi connectivity index (χ4v) is 0.552. The van der Waals surface area contributed by atoms with Crippen LogP contribution in [-0.4, -0.2) is 29.1 Å². The highest BCUT2D eigenvalue weighted by atomic mass is 19.4. The van der Waals surface area contributed by atoms with E-state index in [-0.39, 0.29) is 0 Å². The molecule has 0 rings (SSSR count). The van der Waals surface area contributed by atoms with Crippen LogP contribution in [-0.2, 0) is 9.59 Å². The first-order chi connectivity index (χ1) is 5.75. The Bertz CT molecular complexity index is 214. The predicted molar refractivity (Wildman–Crippen MR) is 35.9 cm³/mol. The molecule has 0 aromatic heterocycles. The minimum Gasteiger partial charge on any atom is -0.480 e. The molecule has 0 saturated carbocycles. The minimum atomic E-state index is -4.90. The SMILES string of the molecule is N[C@@H](CCC(=O)C(F)(F)F)C(=O)O. The lowest BCUT2D eigenvalue weighted by molar-refractivity contribution is -0.171. The van der Waals surface area contributed by atoms with Crippen molar-refractivity contribution >= 4 is 11.8 Å². The van der Waals surface area contributed by atoms with E-state index in [4.69, 9.17) is 10.8 Å². The van der Waals surface area contributed by atoms with Gasteiger partial charge in [-0.05, 0) is 6.42 Å². The molecule has 0 unspecified atom stereocenters. The first-order valence-corrected chi connectivity index (χ1v) is 3.33. The van der Waals surface area contributed by atoms with Gasteiger partial charge in [0.25, 0.3) is 0 Å². The molecule has 0 amide bonds. The highest BCUT2D eigenvalue weighted by molar-refractivity contribution is 5.84. The minimum absolute atomic E-state index is 0.506. The van der Waals surface area contributed by atoms with Gasteiger partial charge >= 0.3 is 12.1 Å². The van der Waals surface area contributed by atoms with Crippen molar-refractivity contribution in [3.63, 3.8) is 0 Å². The number of carboxylic acid groups (broad SMARTS) is 1. The number of rotatable bonds is 4. The van der Waals surface area contributed by atoms with Crippen LogP contribution in [0.4, 0.5) is 13.2 Å². The summed E-state index contributed by atoms with van der Waals surface area (Å²) >= 11 is 0. The number of nitrogens with two attached hydrogens (primary N) is 1. The van der Waals surface area contributed by atoms with Crippen molar-refractivity contribution in [3.8, 4) is 0 Å². The molecule has 3 N–H and O–H groups in total. The van der Waals surface area contributed by atoms with E-state index in [1.165, 1.54) is 0 Å². The van der Waals surface area contributed by atoms with Crippen LogP contribution < -0.4 is 5.73 Å². The van der Waals surface area contributed by atoms with Crippen molar-refractivity contribution in [2.24, 2.45) is 5.73 Å². The largest absolute Gasteiger partial charge is 0.480 e. The number of carboxylic acids is 1. The maximum atomic E-state index is 11.6. The molecular weight excluding hydrogens is 191 g/mol. The molecule has 0 aromatic rings. The molecule has 0 aliphatic rings. The highest BCUT2D eigenvalue weighted by Gasteiger charge is 2.37. The number of aliphatic carboxylic acids is 1. The van der Waals surface area contributed by atoms with Crippen LogP contribution in [0.2, 0.25) is 0 Å². The molecular formula is C6H8F3NO3. The first kappa shape index (κ1) is 11.9. The lowest BCUT2D eigenvalue weighted by atomic mass is 10.1. The third-order valence-corrected chi connectivity index (χ3v) is 1.32. The van der Waals surface area contributed by atoms with E-state index in [0.717, 1.165) is 0 Å². The van der Waals surface area contributed by atoms with Gasteiger partial charge in [-0.25, -0.2) is 0 Å². The monoisotopic (exact) mass is 199 g/mol. The maximum absolute atomic E-state index is 11.6. The van der Waals surface area contributed by atoms with Crippen LogP contribution in [0.15, 0.2) is 0 Å². The Morgan fingerprint density at radius 2 is 1.85 bits per heavy atom. The Morgan fingerprint density at radius 1 is 1.38 bits per heavy atom. The van der Waals surface area contributed by atoms with E-state index in [9.17, 15) is 22.8 Å². The Labute approximate surface area is 71.5 Å². The summed E-state index contributed by atoms with van der Waals surface area (Å²) in [6.45, 7) is 0. The highest BCUT2D eigenvalue weighted by Crippen LogP contribution is 2.18. The van der Waals surface area contributed by atoms with Crippen LogP contribution >= 0.6 is 0 Å². The van der Waals surface area contributed by atoms with Gasteiger partial charge in [0, 0.05) is 6.42 Å². The third kappa shape index (κ3) is 4.46. The molecule has 0 fully saturated rings. The van der Waals surface area contributed by atoms with Gasteiger partial charge in [-0.3, -0.25) is 9.59 Å². The molecule has 0 spiro atoms. The van der Waals surface area contributed by atoms with Crippen LogP contribution in [0.25, 0.3) is 0 Å². The summed E-state index contributed by atoms with van der Waals surface area (Å²) in [6.07, 6.45) is -6.30. The van der Waals surface area contributed by atoms with Crippen LogP contribution in [0, 0.1) is 0 Å². The van der Waals surface area contributed by atoms with E-state index in [2.05, 4.69) is 0 Å². The Balaban J connectivity index is 3.91. The lowest BCUT2D eigenvalue weighted by Gasteiger charge is -2.07. The van der Waals surface area contributed by atoms with Crippen molar-refractivity contribution in [1.82, 2.24) is 0 Å². The zero-order chi connectivity index (χ0) is 10.6. The van der Waals surface area contributed by atoms with E-state index in [0.29, 0.717) is 0 Å². The standard InChI is InChI=1S/C6H8F3NO3/c7-6(8,9)4(11)2-1-3(10)5(12)13/h3H,1-2,10H2,(H,12,13)/t3-/m0/s1. The van der Waals surface area contributed by atoms with Gasteiger partial charge in [0.2, 0.25) is 5.78 Å². The Morgan fingerprint density at radius 3 is 2.15 bits per heavy atom. The number of carbonyl (C=O) groups is 2. The second kappa shape index (κ2) is 4.22. The fourth-order valence-electron chi connectivity index (χ4n) is 0.552. The van der Waals surface area contributed by atoms with E-state index in [1.807, 2.05) is 0 Å². The Hall–Kier alpha value is -1.11. The molecule has 76 valence electrons. The van der Waals surface area contributed by atoms with Gasteiger partial charge in [-0.15, -0.1) is 0 Å². The first-order valence-electron chi connectivity index (χ1n) is 3.33. The zero-order valence-electron chi connectivity index (χ0n) is 6.47. The molecule has 0 radical (unpaired) electrons. The van der Waals surface area contributed by atoms with Gasteiger partial charge in [-0.2, -0.15) is 13.2 Å². The summed E-state index contributed by atoms with van der Waals surface area (Å²) in [5.41, 5.74) is 4.89. The number of ketones is 1. The fraction of sp³-hybridized carbons (Fsp3) is 0.667. The van der Waals surface area contributed by atoms with Crippen LogP contribution in [0.1, 0.15) is 12.8 Å². The normalized spacial score (nSPS) is 13.8. The van der Waals surface area contributed by atoms with Crippen LogP contribution in [0.5, 0.6) is 0 Å². The van der Waals surface area contributed by atoms with Gasteiger partial charge in [-0.1, -0.05) is 0 Å². The summed E-state index contributed by atoms with van der Waals surface area (Å²) in [4.78, 5) is 20.3. The van der Waals surface area contributed by atoms with E-state index >= 15 is 0 Å². The van der Waals surface area contributed by atoms with Crippen molar-refractivity contribution in [2.75, 3.05) is 0 Å². The number of carbonyl (C=O) groups excluding carboxylic acids is 1. The number of hydrogen-bond acceptors (Lipinski definition) is 3. The zero-order valence-corrected chi connectivity index (χ0v) is 6.47. The average Bonchev–Trinajstić information content (AvgIpc) is 1.97. The van der Waals surface area contributed by atoms with Crippen LogP contribution in [0.3, 0.4) is 0 Å². The van der Waals surface area contributed by atoms with Gasteiger partial charge < -0.3 is 10.8 Å². The van der Waals surface area contributed by atoms with Gasteiger partial charge in [0.15, 0.2) is 0 Å².